The fraction of sp³-hybridized carbons (Fsp3) is 0.250. The van der Waals surface area contributed by atoms with Gasteiger partial charge in [0.05, 0.1) is 5.54 Å². The van der Waals surface area contributed by atoms with Crippen molar-refractivity contribution in [3.63, 3.8) is 0 Å². The van der Waals surface area contributed by atoms with Crippen molar-refractivity contribution < 1.29 is 9.53 Å². The number of ether oxygens (including phenoxy) is 1. The van der Waals surface area contributed by atoms with Crippen LogP contribution in [0.5, 0.6) is 0 Å². The van der Waals surface area contributed by atoms with Crippen LogP contribution >= 0.6 is 15.9 Å². The summed E-state index contributed by atoms with van der Waals surface area (Å²) in [6.45, 7) is 3.81. The van der Waals surface area contributed by atoms with Gasteiger partial charge in [-0.05, 0) is 37.6 Å². The third kappa shape index (κ3) is 2.27. The lowest BCUT2D eigenvalue weighted by Crippen LogP contribution is -2.35. The number of hydrogen-bond donors (Lipinski definition) is 1. The standard InChI is InChI=1S/C12H12BrNO2/c1-12(2)10(16-11(15)14-12)7-8-3-5-9(13)6-4-8/h3-7H,1-2H3,(H,14,15)/b10-7-. The summed E-state index contributed by atoms with van der Waals surface area (Å²) in [5.74, 6) is 0.639. The Hall–Kier alpha value is -1.29. The van der Waals surface area contributed by atoms with Crippen LogP contribution in [-0.4, -0.2) is 11.6 Å². The zero-order valence-electron chi connectivity index (χ0n) is 9.08. The Balaban J connectivity index is 2.31. The molecule has 3 nitrogen and oxygen atoms in total. The molecule has 1 aromatic carbocycles. The lowest BCUT2D eigenvalue weighted by Gasteiger charge is -2.15. The van der Waals surface area contributed by atoms with Gasteiger partial charge in [-0.25, -0.2) is 4.79 Å². The molecule has 0 spiro atoms. The number of rotatable bonds is 1. The Bertz CT molecular complexity index is 449. The zero-order valence-corrected chi connectivity index (χ0v) is 10.7. The van der Waals surface area contributed by atoms with E-state index in [4.69, 9.17) is 4.74 Å². The van der Waals surface area contributed by atoms with E-state index >= 15 is 0 Å². The molecule has 1 aromatic rings. The van der Waals surface area contributed by atoms with Crippen molar-refractivity contribution in [3.8, 4) is 0 Å². The molecular formula is C12H12BrNO2. The second-order valence-electron chi connectivity index (χ2n) is 4.20. The van der Waals surface area contributed by atoms with Crippen LogP contribution in [0.3, 0.4) is 0 Å². The first-order chi connectivity index (χ1) is 7.47. The van der Waals surface area contributed by atoms with Crippen molar-refractivity contribution in [2.45, 2.75) is 19.4 Å². The highest BCUT2D eigenvalue weighted by Crippen LogP contribution is 2.26. The van der Waals surface area contributed by atoms with E-state index in [0.29, 0.717) is 5.76 Å². The Morgan fingerprint density at radius 1 is 1.31 bits per heavy atom. The van der Waals surface area contributed by atoms with Crippen LogP contribution in [0, 0.1) is 0 Å². The number of benzene rings is 1. The molecule has 0 bridgehead atoms. The summed E-state index contributed by atoms with van der Waals surface area (Å²) in [7, 11) is 0. The molecule has 2 rings (SSSR count). The Morgan fingerprint density at radius 3 is 2.44 bits per heavy atom. The molecule has 0 saturated carbocycles. The van der Waals surface area contributed by atoms with Gasteiger partial charge in [0, 0.05) is 4.47 Å². The number of halogens is 1. The Labute approximate surface area is 103 Å². The second kappa shape index (κ2) is 3.94. The van der Waals surface area contributed by atoms with Gasteiger partial charge in [-0.2, -0.15) is 0 Å². The highest BCUT2D eigenvalue weighted by Gasteiger charge is 2.35. The number of carbonyl (C=O) groups excluding carboxylic acids is 1. The van der Waals surface area contributed by atoms with Gasteiger partial charge in [-0.3, -0.25) is 0 Å². The van der Waals surface area contributed by atoms with E-state index in [1.165, 1.54) is 0 Å². The molecule has 1 N–H and O–H groups in total. The first-order valence-corrected chi connectivity index (χ1v) is 5.74. The predicted molar refractivity (Wildman–Crippen MR) is 65.8 cm³/mol. The van der Waals surface area contributed by atoms with Crippen LogP contribution in [0.15, 0.2) is 34.5 Å². The molecule has 0 unspecified atom stereocenters. The van der Waals surface area contributed by atoms with Gasteiger partial charge in [0.25, 0.3) is 0 Å². The summed E-state index contributed by atoms with van der Waals surface area (Å²) < 4.78 is 6.13. The van der Waals surface area contributed by atoms with Crippen LogP contribution in [0.1, 0.15) is 19.4 Å². The van der Waals surface area contributed by atoms with Gasteiger partial charge in [0.15, 0.2) is 0 Å². The summed E-state index contributed by atoms with van der Waals surface area (Å²) >= 11 is 3.37. The summed E-state index contributed by atoms with van der Waals surface area (Å²) in [6.07, 6.45) is 1.47. The third-order valence-corrected chi connectivity index (χ3v) is 2.93. The van der Waals surface area contributed by atoms with Crippen LogP contribution < -0.4 is 5.32 Å². The van der Waals surface area contributed by atoms with Gasteiger partial charge >= 0.3 is 6.09 Å². The molecule has 1 heterocycles. The minimum Gasteiger partial charge on any atom is -0.412 e. The minimum atomic E-state index is -0.440. The normalized spacial score (nSPS) is 20.7. The van der Waals surface area contributed by atoms with E-state index in [9.17, 15) is 4.79 Å². The largest absolute Gasteiger partial charge is 0.413 e. The third-order valence-electron chi connectivity index (χ3n) is 2.40. The SMILES string of the molecule is CC1(C)NC(=O)O/C1=C\c1ccc(Br)cc1. The van der Waals surface area contributed by atoms with Crippen LogP contribution in [0.2, 0.25) is 0 Å². The molecule has 0 radical (unpaired) electrons. The lowest BCUT2D eigenvalue weighted by molar-refractivity contribution is 0.195. The monoisotopic (exact) mass is 281 g/mol. The number of hydrogen-bond acceptors (Lipinski definition) is 2. The Kier molecular flexibility index (Phi) is 2.76. The Morgan fingerprint density at radius 2 is 1.94 bits per heavy atom. The molecule has 1 amide bonds. The van der Waals surface area contributed by atoms with E-state index in [-0.39, 0.29) is 0 Å². The molecule has 0 aromatic heterocycles. The molecule has 0 atom stereocenters. The molecule has 1 aliphatic heterocycles. The maximum Gasteiger partial charge on any atom is 0.413 e. The van der Waals surface area contributed by atoms with E-state index in [1.54, 1.807) is 0 Å². The quantitative estimate of drug-likeness (QED) is 0.858. The van der Waals surface area contributed by atoms with E-state index in [0.717, 1.165) is 10.0 Å². The predicted octanol–water partition coefficient (Wildman–Crippen LogP) is 3.31. The number of amides is 1. The number of nitrogens with one attached hydrogen (secondary N) is 1. The highest BCUT2D eigenvalue weighted by atomic mass is 79.9. The second-order valence-corrected chi connectivity index (χ2v) is 5.12. The highest BCUT2D eigenvalue weighted by molar-refractivity contribution is 9.10. The molecule has 16 heavy (non-hydrogen) atoms. The molecule has 1 fully saturated rings. The topological polar surface area (TPSA) is 38.3 Å². The van der Waals surface area contributed by atoms with Crippen molar-refractivity contribution in [2.75, 3.05) is 0 Å². The molecule has 0 aliphatic carbocycles. The van der Waals surface area contributed by atoms with E-state index < -0.39 is 11.6 Å². The lowest BCUT2D eigenvalue weighted by atomic mass is 10.0. The fourth-order valence-electron chi connectivity index (χ4n) is 1.49. The maximum atomic E-state index is 11.1. The average molecular weight is 282 g/mol. The van der Waals surface area contributed by atoms with Crippen LogP contribution in [0.25, 0.3) is 6.08 Å². The number of cyclic esters (lactones) is 1. The number of alkyl carbamates (subject to hydrolysis) is 1. The number of carbonyl (C=O) groups is 1. The molecule has 4 heteroatoms. The fourth-order valence-corrected chi connectivity index (χ4v) is 1.75. The molecular weight excluding hydrogens is 270 g/mol. The van der Waals surface area contributed by atoms with Gasteiger partial charge in [-0.15, -0.1) is 0 Å². The van der Waals surface area contributed by atoms with Crippen LogP contribution in [0.4, 0.5) is 4.79 Å². The summed E-state index contributed by atoms with van der Waals surface area (Å²) in [5, 5.41) is 2.74. The zero-order chi connectivity index (χ0) is 11.8. The van der Waals surface area contributed by atoms with Gasteiger partial charge < -0.3 is 10.1 Å². The van der Waals surface area contributed by atoms with Gasteiger partial charge in [0.2, 0.25) is 0 Å². The average Bonchev–Trinajstić information content (AvgIpc) is 2.43. The van der Waals surface area contributed by atoms with Gasteiger partial charge in [0.1, 0.15) is 5.76 Å². The first-order valence-electron chi connectivity index (χ1n) is 4.95. The van der Waals surface area contributed by atoms with Crippen LogP contribution in [-0.2, 0) is 4.74 Å². The van der Waals surface area contributed by atoms with E-state index in [2.05, 4.69) is 21.2 Å². The van der Waals surface area contributed by atoms with Crippen molar-refractivity contribution >= 4 is 28.1 Å². The van der Waals surface area contributed by atoms with Crippen molar-refractivity contribution in [3.05, 3.63) is 40.1 Å². The summed E-state index contributed by atoms with van der Waals surface area (Å²) in [5.41, 5.74) is 0.562. The minimum absolute atomic E-state index is 0.395. The van der Waals surface area contributed by atoms with E-state index in [1.807, 2.05) is 44.2 Å². The smallest absolute Gasteiger partial charge is 0.412 e. The van der Waals surface area contributed by atoms with Gasteiger partial charge in [-0.1, -0.05) is 28.1 Å². The molecule has 1 saturated heterocycles. The van der Waals surface area contributed by atoms with Crippen molar-refractivity contribution in [2.24, 2.45) is 0 Å². The van der Waals surface area contributed by atoms with Crippen molar-refractivity contribution in [1.82, 2.24) is 5.32 Å². The molecule has 1 aliphatic rings. The first kappa shape index (κ1) is 11.2. The summed E-state index contributed by atoms with van der Waals surface area (Å²) in [4.78, 5) is 11.1. The maximum absolute atomic E-state index is 11.1. The molecule has 84 valence electrons. The van der Waals surface area contributed by atoms with Crippen molar-refractivity contribution in [1.29, 1.82) is 0 Å². The summed E-state index contributed by atoms with van der Waals surface area (Å²) in [6, 6.07) is 7.81.